The van der Waals surface area contributed by atoms with Gasteiger partial charge in [0.15, 0.2) is 0 Å². The summed E-state index contributed by atoms with van der Waals surface area (Å²) in [5, 5.41) is 2.75. The lowest BCUT2D eigenvalue weighted by molar-refractivity contribution is 0.0805. The molecule has 0 fully saturated rings. The van der Waals surface area contributed by atoms with Crippen molar-refractivity contribution in [2.75, 3.05) is 13.2 Å². The molecule has 6 heteroatoms. The molecule has 0 aliphatic heterocycles. The lowest BCUT2D eigenvalue weighted by Gasteiger charge is -2.19. The molecule has 6 nitrogen and oxygen atoms in total. The molecular weight excluding hydrogens is 528 g/mol. The first kappa shape index (κ1) is 33.2. The molecule has 0 N–H and O–H groups in total. The molecule has 3 aromatic carbocycles. The quantitative estimate of drug-likeness (QED) is 0.0956. The molecule has 230 valence electrons. The Bertz CT molecular complexity index is 1210. The second-order valence-corrected chi connectivity index (χ2v) is 11.3. The molecule has 0 aliphatic carbocycles. The summed E-state index contributed by atoms with van der Waals surface area (Å²) in [7, 11) is 0. The van der Waals surface area contributed by atoms with Gasteiger partial charge in [-0.2, -0.15) is 0 Å². The van der Waals surface area contributed by atoms with Gasteiger partial charge in [0.05, 0.1) is 13.2 Å². The number of fused-ring (bicyclic) bond motifs is 2. The summed E-state index contributed by atoms with van der Waals surface area (Å²) in [5.74, 6) is 1.44. The average Bonchev–Trinajstić information content (AvgIpc) is 3.02. The number of hydrogen-bond donors (Lipinski definition) is 0. The van der Waals surface area contributed by atoms with E-state index < -0.39 is 12.3 Å². The third-order valence-corrected chi connectivity index (χ3v) is 8.29. The number of unbranched alkanes of at least 4 members (excludes halogenated alkanes) is 2. The van der Waals surface area contributed by atoms with Gasteiger partial charge in [0.2, 0.25) is 0 Å². The van der Waals surface area contributed by atoms with E-state index in [1.54, 1.807) is 0 Å². The monoisotopic (exact) mass is 578 g/mol. The van der Waals surface area contributed by atoms with Gasteiger partial charge in [0, 0.05) is 21.5 Å². The second-order valence-electron chi connectivity index (χ2n) is 11.3. The van der Waals surface area contributed by atoms with Crippen molar-refractivity contribution in [3.05, 3.63) is 47.5 Å². The molecule has 2 atom stereocenters. The molecule has 42 heavy (non-hydrogen) atoms. The van der Waals surface area contributed by atoms with Crippen LogP contribution in [0.25, 0.3) is 21.5 Å². The number of carbonyl (C=O) groups is 2. The van der Waals surface area contributed by atoms with Crippen LogP contribution in [0.2, 0.25) is 0 Å². The van der Waals surface area contributed by atoms with Crippen molar-refractivity contribution >= 4 is 33.9 Å². The van der Waals surface area contributed by atoms with Gasteiger partial charge in [0.25, 0.3) is 0 Å². The highest BCUT2D eigenvalue weighted by Gasteiger charge is 2.23. The number of benzene rings is 3. The van der Waals surface area contributed by atoms with Gasteiger partial charge in [-0.05, 0) is 60.8 Å². The van der Waals surface area contributed by atoms with Crippen molar-refractivity contribution in [2.45, 2.75) is 106 Å². The molecule has 3 rings (SSSR count). The smallest absolute Gasteiger partial charge is 0.434 e. The SMILES string of the molecule is CCCCC(CC)COC(=O)Oc1c2ccc(CC)cc2c(OC(=O)OCC(CC)CCCC)c2ccc(CC)cc12. The fourth-order valence-electron chi connectivity index (χ4n) is 5.30. The molecule has 0 radical (unpaired) electrons. The Kier molecular flexibility index (Phi) is 13.4. The molecule has 0 heterocycles. The van der Waals surface area contributed by atoms with Gasteiger partial charge in [-0.25, -0.2) is 9.59 Å². The minimum absolute atomic E-state index is 0.306. The van der Waals surface area contributed by atoms with Crippen LogP contribution in [0.3, 0.4) is 0 Å². The summed E-state index contributed by atoms with van der Waals surface area (Å²) >= 11 is 0. The maximum Gasteiger partial charge on any atom is 0.513 e. The molecule has 0 saturated carbocycles. The Hall–Kier alpha value is -3.28. The summed E-state index contributed by atoms with van der Waals surface area (Å²) in [6.07, 6.45) is 8.51. The fourth-order valence-corrected chi connectivity index (χ4v) is 5.30. The first-order valence-corrected chi connectivity index (χ1v) is 16.1. The molecule has 0 saturated heterocycles. The molecule has 2 unspecified atom stereocenters. The zero-order chi connectivity index (χ0) is 30.5. The Morgan fingerprint density at radius 3 is 1.33 bits per heavy atom. The largest absolute Gasteiger partial charge is 0.513 e. The lowest BCUT2D eigenvalue weighted by atomic mass is 9.96. The first-order chi connectivity index (χ1) is 20.4. The molecular formula is C36H50O6. The molecule has 0 spiro atoms. The summed E-state index contributed by atoms with van der Waals surface area (Å²) in [4.78, 5) is 26.1. The third-order valence-electron chi connectivity index (χ3n) is 8.29. The molecule has 0 bridgehead atoms. The van der Waals surface area contributed by atoms with Crippen LogP contribution in [0.4, 0.5) is 9.59 Å². The van der Waals surface area contributed by atoms with Crippen LogP contribution in [0.5, 0.6) is 11.5 Å². The summed E-state index contributed by atoms with van der Waals surface area (Å²) in [6.45, 7) is 13.4. The average molecular weight is 579 g/mol. The van der Waals surface area contributed by atoms with Crippen molar-refractivity contribution < 1.29 is 28.5 Å². The van der Waals surface area contributed by atoms with Crippen LogP contribution >= 0.6 is 0 Å². The summed E-state index contributed by atoms with van der Waals surface area (Å²) in [5.41, 5.74) is 2.15. The van der Waals surface area contributed by atoms with Crippen molar-refractivity contribution in [1.29, 1.82) is 0 Å². The van der Waals surface area contributed by atoms with Gasteiger partial charge >= 0.3 is 12.3 Å². The molecule has 0 aliphatic rings. The Morgan fingerprint density at radius 2 is 1.00 bits per heavy atom. The Labute approximate surface area is 252 Å². The number of carbonyl (C=O) groups excluding carboxylic acids is 2. The first-order valence-electron chi connectivity index (χ1n) is 16.1. The van der Waals surface area contributed by atoms with Crippen LogP contribution in [-0.2, 0) is 22.3 Å². The van der Waals surface area contributed by atoms with Gasteiger partial charge in [-0.3, -0.25) is 0 Å². The highest BCUT2D eigenvalue weighted by atomic mass is 16.7. The zero-order valence-electron chi connectivity index (χ0n) is 26.6. The van der Waals surface area contributed by atoms with Crippen LogP contribution in [0.15, 0.2) is 36.4 Å². The predicted octanol–water partition coefficient (Wildman–Crippen LogP) is 10.6. The Balaban J connectivity index is 2.01. The highest BCUT2D eigenvalue weighted by molar-refractivity contribution is 6.12. The van der Waals surface area contributed by atoms with E-state index in [1.807, 2.05) is 36.4 Å². The summed E-state index contributed by atoms with van der Waals surface area (Å²) < 4.78 is 23.2. The van der Waals surface area contributed by atoms with E-state index in [2.05, 4.69) is 41.5 Å². The van der Waals surface area contributed by atoms with Crippen molar-refractivity contribution in [1.82, 2.24) is 0 Å². The van der Waals surface area contributed by atoms with Crippen LogP contribution in [0, 0.1) is 11.8 Å². The number of rotatable bonds is 16. The van der Waals surface area contributed by atoms with E-state index in [0.29, 0.717) is 58.1 Å². The third kappa shape index (κ3) is 8.86. The maximum absolute atomic E-state index is 13.0. The number of ether oxygens (including phenoxy) is 4. The van der Waals surface area contributed by atoms with Gasteiger partial charge in [-0.1, -0.05) is 104 Å². The molecule has 3 aromatic rings. The zero-order valence-corrected chi connectivity index (χ0v) is 26.6. The highest BCUT2D eigenvalue weighted by Crippen LogP contribution is 2.44. The minimum atomic E-state index is -0.722. The van der Waals surface area contributed by atoms with E-state index in [4.69, 9.17) is 18.9 Å². The van der Waals surface area contributed by atoms with E-state index in [9.17, 15) is 9.59 Å². The van der Waals surface area contributed by atoms with Crippen LogP contribution in [-0.4, -0.2) is 25.5 Å². The maximum atomic E-state index is 13.0. The molecule has 0 amide bonds. The molecule has 0 aromatic heterocycles. The summed E-state index contributed by atoms with van der Waals surface area (Å²) in [6, 6.07) is 11.9. The van der Waals surface area contributed by atoms with Crippen LogP contribution in [0.1, 0.15) is 104 Å². The lowest BCUT2D eigenvalue weighted by Crippen LogP contribution is -2.18. The van der Waals surface area contributed by atoms with Crippen molar-refractivity contribution in [3.8, 4) is 11.5 Å². The van der Waals surface area contributed by atoms with Gasteiger partial charge in [-0.15, -0.1) is 0 Å². The predicted molar refractivity (Wildman–Crippen MR) is 171 cm³/mol. The van der Waals surface area contributed by atoms with Crippen LogP contribution < -0.4 is 9.47 Å². The standard InChI is InChI=1S/C36H50O6/c1-7-13-15-27(11-5)23-39-35(37)41-33-29-19-17-26(10-4)22-32(29)34(30-20-18-25(9-3)21-31(30)33)42-36(38)40-24-28(12-6)16-14-8-2/h17-22,27-28H,7-16,23-24H2,1-6H3. The number of hydrogen-bond acceptors (Lipinski definition) is 6. The second kappa shape index (κ2) is 17.0. The van der Waals surface area contributed by atoms with E-state index in [0.717, 1.165) is 75.3 Å². The van der Waals surface area contributed by atoms with Crippen molar-refractivity contribution in [2.24, 2.45) is 11.8 Å². The number of aryl methyl sites for hydroxylation is 2. The van der Waals surface area contributed by atoms with E-state index in [1.165, 1.54) is 0 Å². The fraction of sp³-hybridized carbons (Fsp3) is 0.556. The van der Waals surface area contributed by atoms with E-state index in [-0.39, 0.29) is 0 Å². The van der Waals surface area contributed by atoms with Gasteiger partial charge in [0.1, 0.15) is 11.5 Å². The van der Waals surface area contributed by atoms with Crippen molar-refractivity contribution in [3.63, 3.8) is 0 Å². The topological polar surface area (TPSA) is 71.1 Å². The Morgan fingerprint density at radius 1 is 0.595 bits per heavy atom. The van der Waals surface area contributed by atoms with E-state index >= 15 is 0 Å². The minimum Gasteiger partial charge on any atom is -0.434 e. The van der Waals surface area contributed by atoms with Gasteiger partial charge < -0.3 is 18.9 Å². The normalized spacial score (nSPS) is 12.7.